The van der Waals surface area contributed by atoms with Gasteiger partial charge in [-0.1, -0.05) is 11.6 Å². The van der Waals surface area contributed by atoms with E-state index in [0.29, 0.717) is 17.0 Å². The van der Waals surface area contributed by atoms with Crippen molar-refractivity contribution in [3.8, 4) is 0 Å². The summed E-state index contributed by atoms with van der Waals surface area (Å²) in [6, 6.07) is 4.08. The van der Waals surface area contributed by atoms with Crippen LogP contribution < -0.4 is 0 Å². The van der Waals surface area contributed by atoms with Crippen LogP contribution >= 0.6 is 11.6 Å². The zero-order valence-electron chi connectivity index (χ0n) is 9.42. The summed E-state index contributed by atoms with van der Waals surface area (Å²) >= 11 is 5.91. The minimum atomic E-state index is -0.366. The SMILES string of the molecule is O=C(Cc1cc(F)ccc1Cl)CC1CCCO1. The van der Waals surface area contributed by atoms with Gasteiger partial charge in [-0.3, -0.25) is 4.79 Å². The number of carbonyl (C=O) groups is 1. The van der Waals surface area contributed by atoms with Crippen molar-refractivity contribution >= 4 is 17.4 Å². The topological polar surface area (TPSA) is 26.3 Å². The molecule has 2 nitrogen and oxygen atoms in total. The van der Waals surface area contributed by atoms with E-state index in [1.54, 1.807) is 0 Å². The lowest BCUT2D eigenvalue weighted by atomic mass is 10.0. The van der Waals surface area contributed by atoms with E-state index in [9.17, 15) is 9.18 Å². The van der Waals surface area contributed by atoms with Gasteiger partial charge in [0.15, 0.2) is 0 Å². The summed E-state index contributed by atoms with van der Waals surface area (Å²) in [6.07, 6.45) is 2.56. The van der Waals surface area contributed by atoms with Crippen LogP contribution in [0, 0.1) is 5.82 Å². The van der Waals surface area contributed by atoms with Crippen molar-refractivity contribution in [3.63, 3.8) is 0 Å². The van der Waals surface area contributed by atoms with Crippen LogP contribution in [0.3, 0.4) is 0 Å². The Balaban J connectivity index is 1.95. The van der Waals surface area contributed by atoms with Gasteiger partial charge in [0.2, 0.25) is 0 Å². The molecule has 0 saturated carbocycles. The Morgan fingerprint density at radius 1 is 1.53 bits per heavy atom. The van der Waals surface area contributed by atoms with E-state index >= 15 is 0 Å². The molecule has 1 aliphatic rings. The summed E-state index contributed by atoms with van der Waals surface area (Å²) in [5, 5.41) is 0.437. The van der Waals surface area contributed by atoms with Gasteiger partial charge in [0.25, 0.3) is 0 Å². The first-order chi connectivity index (χ1) is 8.15. The maximum Gasteiger partial charge on any atom is 0.139 e. The van der Waals surface area contributed by atoms with Crippen LogP contribution in [0.5, 0.6) is 0 Å². The molecule has 1 aromatic carbocycles. The van der Waals surface area contributed by atoms with E-state index in [2.05, 4.69) is 0 Å². The van der Waals surface area contributed by atoms with Crippen molar-refractivity contribution in [1.29, 1.82) is 0 Å². The number of rotatable bonds is 4. The van der Waals surface area contributed by atoms with E-state index in [0.717, 1.165) is 19.4 Å². The van der Waals surface area contributed by atoms with Gasteiger partial charge < -0.3 is 4.74 Å². The van der Waals surface area contributed by atoms with Gasteiger partial charge in [0, 0.05) is 24.5 Å². The van der Waals surface area contributed by atoms with Gasteiger partial charge in [-0.25, -0.2) is 4.39 Å². The average molecular weight is 257 g/mol. The molecule has 17 heavy (non-hydrogen) atoms. The van der Waals surface area contributed by atoms with E-state index < -0.39 is 0 Å². The highest BCUT2D eigenvalue weighted by molar-refractivity contribution is 6.31. The van der Waals surface area contributed by atoms with Crippen molar-refractivity contribution in [2.45, 2.75) is 31.8 Å². The van der Waals surface area contributed by atoms with E-state index in [4.69, 9.17) is 16.3 Å². The van der Waals surface area contributed by atoms with E-state index in [1.807, 2.05) is 0 Å². The Kier molecular flexibility index (Phi) is 4.13. The first kappa shape index (κ1) is 12.5. The molecular weight excluding hydrogens is 243 g/mol. The predicted octanol–water partition coefficient (Wildman–Crippen LogP) is 3.16. The number of Topliss-reactive ketones (excluding diaryl/α,β-unsaturated/α-hetero) is 1. The second-order valence-corrected chi connectivity index (χ2v) is 4.70. The highest BCUT2D eigenvalue weighted by atomic mass is 35.5. The maximum atomic E-state index is 13.0. The molecule has 0 aromatic heterocycles. The van der Waals surface area contributed by atoms with Crippen LogP contribution in [0.4, 0.5) is 4.39 Å². The van der Waals surface area contributed by atoms with Crippen molar-refractivity contribution in [2.75, 3.05) is 6.61 Å². The second kappa shape index (κ2) is 5.61. The highest BCUT2D eigenvalue weighted by Gasteiger charge is 2.19. The van der Waals surface area contributed by atoms with Crippen LogP contribution in [0.15, 0.2) is 18.2 Å². The highest BCUT2D eigenvalue weighted by Crippen LogP contribution is 2.20. The third-order valence-corrected chi connectivity index (χ3v) is 3.24. The Morgan fingerprint density at radius 2 is 2.35 bits per heavy atom. The lowest BCUT2D eigenvalue weighted by Gasteiger charge is -2.08. The maximum absolute atomic E-state index is 13.0. The molecule has 0 bridgehead atoms. The molecule has 4 heteroatoms. The van der Waals surface area contributed by atoms with Crippen molar-refractivity contribution in [3.05, 3.63) is 34.6 Å². The molecule has 1 atom stereocenters. The summed E-state index contributed by atoms with van der Waals surface area (Å²) in [7, 11) is 0. The summed E-state index contributed by atoms with van der Waals surface area (Å²) in [5.74, 6) is -0.321. The van der Waals surface area contributed by atoms with Gasteiger partial charge in [0.05, 0.1) is 6.10 Å². The van der Waals surface area contributed by atoms with Gasteiger partial charge in [-0.05, 0) is 36.6 Å². The zero-order chi connectivity index (χ0) is 12.3. The monoisotopic (exact) mass is 256 g/mol. The van der Waals surface area contributed by atoms with Crippen LogP contribution in [0.2, 0.25) is 5.02 Å². The van der Waals surface area contributed by atoms with Gasteiger partial charge in [0.1, 0.15) is 11.6 Å². The first-order valence-corrected chi connectivity index (χ1v) is 6.10. The summed E-state index contributed by atoms with van der Waals surface area (Å²) in [5.41, 5.74) is 0.551. The van der Waals surface area contributed by atoms with Crippen LogP contribution in [-0.2, 0) is 16.0 Å². The number of carbonyl (C=O) groups excluding carboxylic acids is 1. The Morgan fingerprint density at radius 3 is 3.06 bits per heavy atom. The van der Waals surface area contributed by atoms with Gasteiger partial charge in [-0.15, -0.1) is 0 Å². The van der Waals surface area contributed by atoms with E-state index in [-0.39, 0.29) is 24.1 Å². The largest absolute Gasteiger partial charge is 0.378 e. The Hall–Kier alpha value is -0.930. The number of hydrogen-bond donors (Lipinski definition) is 0. The molecule has 0 amide bonds. The number of hydrogen-bond acceptors (Lipinski definition) is 2. The second-order valence-electron chi connectivity index (χ2n) is 4.29. The molecule has 92 valence electrons. The molecule has 1 saturated heterocycles. The number of benzene rings is 1. The van der Waals surface area contributed by atoms with Crippen LogP contribution in [0.1, 0.15) is 24.8 Å². The minimum Gasteiger partial charge on any atom is -0.378 e. The number of ether oxygens (including phenoxy) is 1. The normalized spacial score (nSPS) is 19.5. The standard InChI is InChI=1S/C13H14ClFO2/c14-13-4-3-10(15)6-9(13)7-11(16)8-12-2-1-5-17-12/h3-4,6,12H,1-2,5,7-8H2. The van der Waals surface area contributed by atoms with Crippen molar-refractivity contribution in [2.24, 2.45) is 0 Å². The Labute approximate surface area is 105 Å². The molecule has 2 rings (SSSR count). The molecule has 0 radical (unpaired) electrons. The summed E-state index contributed by atoms with van der Waals surface area (Å²) in [4.78, 5) is 11.8. The third-order valence-electron chi connectivity index (χ3n) is 2.87. The number of ketones is 1. The number of halogens is 2. The van der Waals surface area contributed by atoms with Gasteiger partial charge in [-0.2, -0.15) is 0 Å². The fourth-order valence-electron chi connectivity index (χ4n) is 2.02. The fraction of sp³-hybridized carbons (Fsp3) is 0.462. The lowest BCUT2D eigenvalue weighted by molar-refractivity contribution is -0.120. The molecule has 1 fully saturated rings. The minimum absolute atomic E-state index is 0.0369. The fourth-order valence-corrected chi connectivity index (χ4v) is 2.21. The third kappa shape index (κ3) is 3.51. The summed E-state index contributed by atoms with van der Waals surface area (Å²) < 4.78 is 18.4. The summed E-state index contributed by atoms with van der Waals surface area (Å²) in [6.45, 7) is 0.735. The predicted molar refractivity (Wildman–Crippen MR) is 63.7 cm³/mol. The quantitative estimate of drug-likeness (QED) is 0.827. The van der Waals surface area contributed by atoms with E-state index in [1.165, 1.54) is 18.2 Å². The smallest absolute Gasteiger partial charge is 0.139 e. The Bertz CT molecular complexity index is 414. The molecule has 1 unspecified atom stereocenters. The van der Waals surface area contributed by atoms with Crippen molar-refractivity contribution < 1.29 is 13.9 Å². The average Bonchev–Trinajstić information content (AvgIpc) is 2.76. The van der Waals surface area contributed by atoms with Crippen LogP contribution in [0.25, 0.3) is 0 Å². The zero-order valence-corrected chi connectivity index (χ0v) is 10.2. The molecule has 1 heterocycles. The van der Waals surface area contributed by atoms with Gasteiger partial charge >= 0.3 is 0 Å². The molecule has 0 spiro atoms. The first-order valence-electron chi connectivity index (χ1n) is 5.72. The molecule has 1 aromatic rings. The molecular formula is C13H14ClFO2. The van der Waals surface area contributed by atoms with Crippen molar-refractivity contribution in [1.82, 2.24) is 0 Å². The molecule has 1 aliphatic heterocycles. The molecule has 0 N–H and O–H groups in total. The molecule has 0 aliphatic carbocycles. The lowest BCUT2D eigenvalue weighted by Crippen LogP contribution is -2.14. The van der Waals surface area contributed by atoms with Crippen LogP contribution in [-0.4, -0.2) is 18.5 Å².